The van der Waals surface area contributed by atoms with Crippen LogP contribution >= 0.6 is 0 Å². The number of hydrogen-bond acceptors (Lipinski definition) is 2. The second-order valence-electron chi connectivity index (χ2n) is 6.57. The van der Waals surface area contributed by atoms with E-state index in [1.165, 1.54) is 5.56 Å². The molecule has 0 radical (unpaired) electrons. The standard InChI is InChI=1S/C20H21F3N2O/c21-16-8-9-17(22)19(23)18(16)20(26)24-15-7-4-11-25(13-15)12-10-14-5-2-1-3-6-14/h1-3,5-6,8-9,15H,4,7,10-13H2,(H,24,26)/t15-/m1/s1. The van der Waals surface area contributed by atoms with Crippen LogP contribution in [0.25, 0.3) is 0 Å². The Hall–Kier alpha value is -2.34. The summed E-state index contributed by atoms with van der Waals surface area (Å²) in [7, 11) is 0. The molecule has 3 nitrogen and oxygen atoms in total. The summed E-state index contributed by atoms with van der Waals surface area (Å²) in [6.07, 6.45) is 2.51. The zero-order chi connectivity index (χ0) is 18.5. The number of hydrogen-bond donors (Lipinski definition) is 1. The number of benzene rings is 2. The van der Waals surface area contributed by atoms with E-state index in [1.54, 1.807) is 0 Å². The molecule has 1 saturated heterocycles. The Labute approximate surface area is 150 Å². The Balaban J connectivity index is 1.58. The van der Waals surface area contributed by atoms with Crippen LogP contribution in [0.15, 0.2) is 42.5 Å². The van der Waals surface area contributed by atoms with Gasteiger partial charge in [0.05, 0.1) is 0 Å². The molecule has 1 heterocycles. The molecule has 1 fully saturated rings. The summed E-state index contributed by atoms with van der Waals surface area (Å²) in [6, 6.07) is 11.3. The molecule has 26 heavy (non-hydrogen) atoms. The molecule has 0 saturated carbocycles. The van der Waals surface area contributed by atoms with Gasteiger partial charge in [0.15, 0.2) is 11.6 Å². The van der Waals surface area contributed by atoms with E-state index in [9.17, 15) is 18.0 Å². The zero-order valence-electron chi connectivity index (χ0n) is 14.4. The van der Waals surface area contributed by atoms with Gasteiger partial charge in [0.1, 0.15) is 11.4 Å². The average molecular weight is 362 g/mol. The molecule has 0 bridgehead atoms. The monoisotopic (exact) mass is 362 g/mol. The van der Waals surface area contributed by atoms with Gasteiger partial charge in [-0.3, -0.25) is 4.79 Å². The maximum atomic E-state index is 13.8. The second kappa shape index (κ2) is 8.36. The van der Waals surface area contributed by atoms with E-state index in [-0.39, 0.29) is 6.04 Å². The van der Waals surface area contributed by atoms with Gasteiger partial charge in [-0.25, -0.2) is 13.2 Å². The maximum absolute atomic E-state index is 13.8. The van der Waals surface area contributed by atoms with Crippen molar-refractivity contribution in [2.75, 3.05) is 19.6 Å². The minimum atomic E-state index is -1.45. The van der Waals surface area contributed by atoms with Gasteiger partial charge in [0.2, 0.25) is 0 Å². The lowest BCUT2D eigenvalue weighted by Gasteiger charge is -2.33. The summed E-state index contributed by atoms with van der Waals surface area (Å²) in [5.74, 6) is -4.64. The molecular formula is C20H21F3N2O. The fourth-order valence-electron chi connectivity index (χ4n) is 3.30. The van der Waals surface area contributed by atoms with Crippen molar-refractivity contribution >= 4 is 5.91 Å². The molecule has 1 aliphatic heterocycles. The van der Waals surface area contributed by atoms with Gasteiger partial charge in [-0.1, -0.05) is 30.3 Å². The molecule has 2 aromatic rings. The van der Waals surface area contributed by atoms with E-state index in [0.717, 1.165) is 38.4 Å². The highest BCUT2D eigenvalue weighted by Gasteiger charge is 2.26. The molecule has 138 valence electrons. The van der Waals surface area contributed by atoms with Crippen molar-refractivity contribution in [3.05, 3.63) is 71.0 Å². The molecule has 1 aliphatic rings. The van der Waals surface area contributed by atoms with Crippen LogP contribution < -0.4 is 5.32 Å². The molecule has 0 aliphatic carbocycles. The smallest absolute Gasteiger partial charge is 0.257 e. The molecular weight excluding hydrogens is 341 g/mol. The van der Waals surface area contributed by atoms with Gasteiger partial charge in [-0.2, -0.15) is 0 Å². The first-order valence-electron chi connectivity index (χ1n) is 8.75. The third-order valence-electron chi connectivity index (χ3n) is 4.67. The molecule has 0 unspecified atom stereocenters. The van der Waals surface area contributed by atoms with Crippen LogP contribution in [0.1, 0.15) is 28.8 Å². The number of carbonyl (C=O) groups excluding carboxylic acids is 1. The van der Waals surface area contributed by atoms with Crippen molar-refractivity contribution in [1.82, 2.24) is 10.2 Å². The lowest BCUT2D eigenvalue weighted by Crippen LogP contribution is -2.48. The third-order valence-corrected chi connectivity index (χ3v) is 4.67. The fourth-order valence-corrected chi connectivity index (χ4v) is 3.30. The molecule has 2 aromatic carbocycles. The number of carbonyl (C=O) groups is 1. The Bertz CT molecular complexity index is 767. The number of nitrogens with zero attached hydrogens (tertiary/aromatic N) is 1. The Morgan fingerprint density at radius 2 is 1.81 bits per heavy atom. The first-order chi connectivity index (χ1) is 12.5. The van der Waals surface area contributed by atoms with Crippen molar-refractivity contribution in [2.24, 2.45) is 0 Å². The van der Waals surface area contributed by atoms with E-state index in [2.05, 4.69) is 22.3 Å². The first-order valence-corrected chi connectivity index (χ1v) is 8.75. The van der Waals surface area contributed by atoms with Crippen molar-refractivity contribution in [3.8, 4) is 0 Å². The van der Waals surface area contributed by atoms with Gasteiger partial charge in [0.25, 0.3) is 5.91 Å². The normalized spacial score (nSPS) is 17.9. The van der Waals surface area contributed by atoms with E-state index in [4.69, 9.17) is 0 Å². The Morgan fingerprint density at radius 1 is 1.08 bits per heavy atom. The molecule has 3 rings (SSSR count). The predicted octanol–water partition coefficient (Wildman–Crippen LogP) is 3.54. The number of piperidine rings is 1. The molecule has 6 heteroatoms. The van der Waals surface area contributed by atoms with Crippen LogP contribution in [0.3, 0.4) is 0 Å². The van der Waals surface area contributed by atoms with E-state index in [1.807, 2.05) is 18.2 Å². The third kappa shape index (κ3) is 4.43. The summed E-state index contributed by atoms with van der Waals surface area (Å²) in [5, 5.41) is 2.64. The quantitative estimate of drug-likeness (QED) is 0.825. The molecule has 1 amide bonds. The molecule has 1 N–H and O–H groups in total. The summed E-state index contributed by atoms with van der Waals surface area (Å²) >= 11 is 0. The van der Waals surface area contributed by atoms with Gasteiger partial charge in [0, 0.05) is 19.1 Å². The topological polar surface area (TPSA) is 32.3 Å². The van der Waals surface area contributed by atoms with Crippen molar-refractivity contribution in [3.63, 3.8) is 0 Å². The molecule has 1 atom stereocenters. The molecule has 0 aromatic heterocycles. The number of halogens is 3. The number of amides is 1. The summed E-state index contributed by atoms with van der Waals surface area (Å²) < 4.78 is 40.8. The van der Waals surface area contributed by atoms with Crippen LogP contribution in [0.4, 0.5) is 13.2 Å². The van der Waals surface area contributed by atoms with Gasteiger partial charge >= 0.3 is 0 Å². The predicted molar refractivity (Wildman–Crippen MR) is 93.4 cm³/mol. The summed E-state index contributed by atoms with van der Waals surface area (Å²) in [4.78, 5) is 14.4. The highest BCUT2D eigenvalue weighted by atomic mass is 19.2. The van der Waals surface area contributed by atoms with E-state index in [0.29, 0.717) is 12.6 Å². The van der Waals surface area contributed by atoms with Crippen molar-refractivity contribution in [2.45, 2.75) is 25.3 Å². The maximum Gasteiger partial charge on any atom is 0.257 e. The van der Waals surface area contributed by atoms with Crippen LogP contribution in [-0.2, 0) is 6.42 Å². The highest BCUT2D eigenvalue weighted by Crippen LogP contribution is 2.17. The number of rotatable bonds is 5. The summed E-state index contributed by atoms with van der Waals surface area (Å²) in [5.41, 5.74) is 0.383. The van der Waals surface area contributed by atoms with Crippen LogP contribution in [0.2, 0.25) is 0 Å². The summed E-state index contributed by atoms with van der Waals surface area (Å²) in [6.45, 7) is 2.37. The Morgan fingerprint density at radius 3 is 2.58 bits per heavy atom. The Kier molecular flexibility index (Phi) is 5.93. The van der Waals surface area contributed by atoms with Gasteiger partial charge < -0.3 is 10.2 Å². The number of likely N-dealkylation sites (tertiary alicyclic amines) is 1. The van der Waals surface area contributed by atoms with Crippen molar-refractivity contribution in [1.29, 1.82) is 0 Å². The fraction of sp³-hybridized carbons (Fsp3) is 0.350. The van der Waals surface area contributed by atoms with Crippen LogP contribution in [0.5, 0.6) is 0 Å². The van der Waals surface area contributed by atoms with Gasteiger partial charge in [-0.05, 0) is 43.5 Å². The van der Waals surface area contributed by atoms with Crippen molar-refractivity contribution < 1.29 is 18.0 Å². The second-order valence-corrected chi connectivity index (χ2v) is 6.57. The van der Waals surface area contributed by atoms with E-state index >= 15 is 0 Å². The first kappa shape index (κ1) is 18.5. The van der Waals surface area contributed by atoms with Gasteiger partial charge in [-0.15, -0.1) is 0 Å². The average Bonchev–Trinajstić information content (AvgIpc) is 2.64. The minimum Gasteiger partial charge on any atom is -0.348 e. The number of nitrogens with one attached hydrogen (secondary N) is 1. The van der Waals surface area contributed by atoms with E-state index < -0.39 is 28.9 Å². The largest absolute Gasteiger partial charge is 0.348 e. The van der Waals surface area contributed by atoms with Crippen LogP contribution in [-0.4, -0.2) is 36.5 Å². The highest BCUT2D eigenvalue weighted by molar-refractivity contribution is 5.95. The molecule has 0 spiro atoms. The lowest BCUT2D eigenvalue weighted by atomic mass is 10.0. The van der Waals surface area contributed by atoms with Crippen LogP contribution in [0, 0.1) is 17.5 Å². The lowest BCUT2D eigenvalue weighted by molar-refractivity contribution is 0.0894. The zero-order valence-corrected chi connectivity index (χ0v) is 14.4. The minimum absolute atomic E-state index is 0.214. The SMILES string of the molecule is O=C(N[C@@H]1CCCN(CCc2ccccc2)C1)c1c(F)ccc(F)c1F.